The number of fused-ring (bicyclic) bond motifs is 1. The average Bonchev–Trinajstić information content (AvgIpc) is 3.32. The number of methoxy groups -OCH3 is 1. The summed E-state index contributed by atoms with van der Waals surface area (Å²) in [6, 6.07) is 0.425. The third kappa shape index (κ3) is 4.42. The number of hydrogen-bond donors (Lipinski definition) is 1. The fraction of sp³-hybridized carbons (Fsp3) is 0.619. The van der Waals surface area contributed by atoms with Crippen LogP contribution in [-0.4, -0.2) is 39.5 Å². The number of rotatable bonds is 6. The summed E-state index contributed by atoms with van der Waals surface area (Å²) < 4.78 is 7.18. The van der Waals surface area contributed by atoms with Gasteiger partial charge in [0.25, 0.3) is 0 Å². The van der Waals surface area contributed by atoms with Gasteiger partial charge in [-0.1, -0.05) is 31.0 Å². The lowest BCUT2D eigenvalue weighted by Gasteiger charge is -2.24. The van der Waals surface area contributed by atoms with E-state index in [-0.39, 0.29) is 17.6 Å². The highest BCUT2D eigenvalue weighted by molar-refractivity contribution is 7.99. The predicted molar refractivity (Wildman–Crippen MR) is 119 cm³/mol. The van der Waals surface area contributed by atoms with Gasteiger partial charge in [0.05, 0.1) is 18.4 Å². The Morgan fingerprint density at radius 1 is 1.17 bits per heavy atom. The summed E-state index contributed by atoms with van der Waals surface area (Å²) in [5.74, 6) is 0.627. The van der Waals surface area contributed by atoms with Crippen LogP contribution in [0.4, 0.5) is 5.00 Å². The topological polar surface area (TPSA) is 86.1 Å². The summed E-state index contributed by atoms with van der Waals surface area (Å²) in [7, 11) is 1.39. The Balaban J connectivity index is 1.45. The van der Waals surface area contributed by atoms with E-state index in [9.17, 15) is 9.59 Å². The number of thiophene rings is 1. The van der Waals surface area contributed by atoms with E-state index in [1.165, 1.54) is 54.3 Å². The second-order valence-corrected chi connectivity index (χ2v) is 9.98. The van der Waals surface area contributed by atoms with E-state index < -0.39 is 0 Å². The molecule has 0 unspecified atom stereocenters. The number of anilines is 1. The van der Waals surface area contributed by atoms with Gasteiger partial charge in [-0.3, -0.25) is 4.79 Å². The van der Waals surface area contributed by atoms with Crippen LogP contribution in [0.15, 0.2) is 5.16 Å². The zero-order valence-electron chi connectivity index (χ0n) is 17.5. The van der Waals surface area contributed by atoms with Gasteiger partial charge in [-0.15, -0.1) is 21.5 Å². The number of ether oxygens (including phenoxy) is 1. The zero-order chi connectivity index (χ0) is 21.1. The Labute approximate surface area is 185 Å². The molecule has 1 saturated carbocycles. The molecule has 30 heavy (non-hydrogen) atoms. The van der Waals surface area contributed by atoms with Crippen molar-refractivity contribution in [1.82, 2.24) is 14.8 Å². The van der Waals surface area contributed by atoms with Crippen molar-refractivity contribution in [2.24, 2.45) is 0 Å². The molecule has 4 rings (SSSR count). The van der Waals surface area contributed by atoms with Gasteiger partial charge in [-0.25, -0.2) is 4.79 Å². The van der Waals surface area contributed by atoms with Crippen molar-refractivity contribution in [2.75, 3.05) is 18.2 Å². The first-order valence-corrected chi connectivity index (χ1v) is 12.5. The van der Waals surface area contributed by atoms with Crippen molar-refractivity contribution < 1.29 is 14.3 Å². The molecular formula is C21H28N4O3S2. The molecular weight excluding hydrogens is 420 g/mol. The highest BCUT2D eigenvalue weighted by Gasteiger charge is 2.27. The van der Waals surface area contributed by atoms with Gasteiger partial charge >= 0.3 is 5.97 Å². The van der Waals surface area contributed by atoms with Crippen LogP contribution < -0.4 is 5.32 Å². The summed E-state index contributed by atoms with van der Waals surface area (Å²) >= 11 is 2.92. The average molecular weight is 449 g/mol. The normalized spacial score (nSPS) is 16.9. The molecule has 0 bridgehead atoms. The van der Waals surface area contributed by atoms with Crippen LogP contribution in [0.2, 0.25) is 0 Å². The van der Waals surface area contributed by atoms with Crippen LogP contribution in [0.25, 0.3) is 0 Å². The number of esters is 1. The summed E-state index contributed by atoms with van der Waals surface area (Å²) in [4.78, 5) is 26.3. The van der Waals surface area contributed by atoms with Crippen LogP contribution in [-0.2, 0) is 22.4 Å². The SMILES string of the molecule is COC(=O)c1c(NC(=O)CSc2nnc(C)n2C2CCCCC2)sc2c1CCCC2. The Hall–Kier alpha value is -1.87. The Kier molecular flexibility index (Phi) is 6.77. The summed E-state index contributed by atoms with van der Waals surface area (Å²) in [6.07, 6.45) is 10.0. The smallest absolute Gasteiger partial charge is 0.341 e. The highest BCUT2D eigenvalue weighted by atomic mass is 32.2. The Morgan fingerprint density at radius 3 is 2.70 bits per heavy atom. The first-order chi connectivity index (χ1) is 14.6. The molecule has 0 spiro atoms. The number of carbonyl (C=O) groups is 2. The van der Waals surface area contributed by atoms with Gasteiger partial charge in [0.2, 0.25) is 5.91 Å². The highest BCUT2D eigenvalue weighted by Crippen LogP contribution is 2.39. The molecule has 0 saturated heterocycles. The first kappa shape index (κ1) is 21.4. The molecule has 2 aromatic rings. The summed E-state index contributed by atoms with van der Waals surface area (Å²) in [5.41, 5.74) is 1.59. The third-order valence-electron chi connectivity index (χ3n) is 5.92. The van der Waals surface area contributed by atoms with Gasteiger partial charge in [0, 0.05) is 10.9 Å². The van der Waals surface area contributed by atoms with E-state index >= 15 is 0 Å². The third-order valence-corrected chi connectivity index (χ3v) is 8.07. The molecule has 162 valence electrons. The molecule has 0 radical (unpaired) electrons. The lowest BCUT2D eigenvalue weighted by Crippen LogP contribution is -2.18. The van der Waals surface area contributed by atoms with E-state index in [0.29, 0.717) is 16.6 Å². The standard InChI is InChI=1S/C21H28N4O3S2/c1-13-23-24-21(25(13)14-8-4-3-5-9-14)29-12-17(26)22-19-18(20(27)28-2)15-10-6-7-11-16(15)30-19/h14H,3-12H2,1-2H3,(H,22,26). The second kappa shape index (κ2) is 9.51. The van der Waals surface area contributed by atoms with Crippen LogP contribution in [0.3, 0.4) is 0 Å². The molecule has 0 aromatic carbocycles. The van der Waals surface area contributed by atoms with Crippen molar-refractivity contribution in [2.45, 2.75) is 75.9 Å². The van der Waals surface area contributed by atoms with E-state index in [4.69, 9.17) is 4.74 Å². The lowest BCUT2D eigenvalue weighted by molar-refractivity contribution is -0.113. The van der Waals surface area contributed by atoms with Gasteiger partial charge in [0.15, 0.2) is 5.16 Å². The van der Waals surface area contributed by atoms with E-state index in [0.717, 1.165) is 55.1 Å². The van der Waals surface area contributed by atoms with E-state index in [1.807, 2.05) is 6.92 Å². The monoisotopic (exact) mass is 448 g/mol. The first-order valence-electron chi connectivity index (χ1n) is 10.7. The predicted octanol–water partition coefficient (Wildman–Crippen LogP) is 4.55. The number of carbonyl (C=O) groups excluding carboxylic acids is 2. The number of aryl methyl sites for hydroxylation is 2. The molecule has 1 amide bonds. The van der Waals surface area contributed by atoms with Gasteiger partial charge in [-0.05, 0) is 51.0 Å². The minimum atomic E-state index is -0.370. The molecule has 0 atom stereocenters. The molecule has 7 nitrogen and oxygen atoms in total. The fourth-order valence-corrected chi connectivity index (χ4v) is 6.62. The van der Waals surface area contributed by atoms with Crippen molar-refractivity contribution in [3.05, 3.63) is 21.8 Å². The minimum Gasteiger partial charge on any atom is -0.465 e. The number of thioether (sulfide) groups is 1. The van der Waals surface area contributed by atoms with Crippen molar-refractivity contribution in [3.63, 3.8) is 0 Å². The van der Waals surface area contributed by atoms with Gasteiger partial charge < -0.3 is 14.6 Å². The Bertz CT molecular complexity index is 931. The number of amides is 1. The summed E-state index contributed by atoms with van der Waals surface area (Å²) in [5, 5.41) is 12.9. The number of hydrogen-bond acceptors (Lipinski definition) is 7. The number of aromatic nitrogens is 3. The zero-order valence-corrected chi connectivity index (χ0v) is 19.2. The van der Waals surface area contributed by atoms with E-state index in [1.54, 1.807) is 0 Å². The fourth-order valence-electron chi connectivity index (χ4n) is 4.47. The van der Waals surface area contributed by atoms with Crippen molar-refractivity contribution >= 4 is 40.0 Å². The van der Waals surface area contributed by atoms with Crippen LogP contribution in [0.5, 0.6) is 0 Å². The lowest BCUT2D eigenvalue weighted by atomic mass is 9.95. The van der Waals surface area contributed by atoms with E-state index in [2.05, 4.69) is 20.1 Å². The molecule has 1 fully saturated rings. The van der Waals surface area contributed by atoms with Crippen LogP contribution in [0, 0.1) is 6.92 Å². The van der Waals surface area contributed by atoms with Gasteiger partial charge in [-0.2, -0.15) is 0 Å². The largest absolute Gasteiger partial charge is 0.465 e. The molecule has 2 aliphatic rings. The maximum Gasteiger partial charge on any atom is 0.341 e. The maximum atomic E-state index is 12.7. The maximum absolute atomic E-state index is 12.7. The molecule has 9 heteroatoms. The molecule has 0 aliphatic heterocycles. The Morgan fingerprint density at radius 2 is 1.93 bits per heavy atom. The number of nitrogens with zero attached hydrogens (tertiary/aromatic N) is 3. The molecule has 2 aliphatic carbocycles. The van der Waals surface area contributed by atoms with Crippen LogP contribution >= 0.6 is 23.1 Å². The number of nitrogens with one attached hydrogen (secondary N) is 1. The molecule has 1 N–H and O–H groups in total. The van der Waals surface area contributed by atoms with Crippen molar-refractivity contribution in [3.8, 4) is 0 Å². The summed E-state index contributed by atoms with van der Waals surface area (Å²) in [6.45, 7) is 1.98. The van der Waals surface area contributed by atoms with Crippen LogP contribution in [0.1, 0.15) is 77.6 Å². The second-order valence-electron chi connectivity index (χ2n) is 7.94. The quantitative estimate of drug-likeness (QED) is 0.515. The minimum absolute atomic E-state index is 0.139. The molecule has 2 heterocycles. The van der Waals surface area contributed by atoms with Crippen molar-refractivity contribution in [1.29, 1.82) is 0 Å². The molecule has 2 aromatic heterocycles. The van der Waals surface area contributed by atoms with Gasteiger partial charge in [0.1, 0.15) is 10.8 Å².